The molecule has 2 fully saturated rings. The summed E-state index contributed by atoms with van der Waals surface area (Å²) in [5.41, 5.74) is 0.662. The van der Waals surface area contributed by atoms with Crippen molar-refractivity contribution in [2.24, 2.45) is 11.1 Å². The van der Waals surface area contributed by atoms with Crippen LogP contribution >= 0.6 is 0 Å². The minimum Gasteiger partial charge on any atom is -0.488 e. The molecule has 2 aromatic rings. The van der Waals surface area contributed by atoms with E-state index in [0.717, 1.165) is 0 Å². The number of fused-ring (bicyclic) bond motifs is 2. The first kappa shape index (κ1) is 24.6. The van der Waals surface area contributed by atoms with E-state index in [2.05, 4.69) is 11.7 Å². The number of carbonyl (C=O) groups is 1. The lowest BCUT2D eigenvalue weighted by Crippen LogP contribution is -2.54. The van der Waals surface area contributed by atoms with Gasteiger partial charge in [-0.1, -0.05) is 31.7 Å². The molecule has 4 unspecified atom stereocenters. The van der Waals surface area contributed by atoms with E-state index in [1.807, 2.05) is 13.8 Å². The van der Waals surface area contributed by atoms with Gasteiger partial charge in [0.1, 0.15) is 36.4 Å². The molecular weight excluding hydrogens is 458 g/mol. The van der Waals surface area contributed by atoms with Crippen molar-refractivity contribution in [2.45, 2.75) is 58.7 Å². The van der Waals surface area contributed by atoms with Gasteiger partial charge in [0, 0.05) is 11.5 Å². The predicted octanol–water partition coefficient (Wildman–Crippen LogP) is 4.09. The molecule has 4 rings (SSSR count). The molecular formula is C25H29NO9. The fourth-order valence-electron chi connectivity index (χ4n) is 4.54. The van der Waals surface area contributed by atoms with Crippen LogP contribution < -0.4 is 15.1 Å². The number of hydrogen-bond donors (Lipinski definition) is 0. The van der Waals surface area contributed by atoms with Crippen LogP contribution in [0.15, 0.2) is 39.2 Å². The van der Waals surface area contributed by atoms with Crippen molar-refractivity contribution in [3.63, 3.8) is 0 Å². The van der Waals surface area contributed by atoms with Crippen LogP contribution in [-0.4, -0.2) is 50.2 Å². The van der Waals surface area contributed by atoms with Gasteiger partial charge in [0.05, 0.1) is 17.2 Å². The van der Waals surface area contributed by atoms with Crippen molar-refractivity contribution in [1.82, 2.24) is 0 Å². The average molecular weight is 488 g/mol. The first-order valence-corrected chi connectivity index (χ1v) is 11.4. The van der Waals surface area contributed by atoms with Crippen molar-refractivity contribution in [1.29, 1.82) is 0 Å². The third kappa shape index (κ3) is 4.45. The average Bonchev–Trinajstić information content (AvgIpc) is 3.23. The molecule has 0 saturated carbocycles. The van der Waals surface area contributed by atoms with Crippen LogP contribution in [0.5, 0.6) is 11.5 Å². The maximum absolute atomic E-state index is 12.9. The van der Waals surface area contributed by atoms with Gasteiger partial charge in [-0.05, 0) is 32.4 Å². The Bertz CT molecular complexity index is 1220. The van der Waals surface area contributed by atoms with Gasteiger partial charge in [-0.2, -0.15) is 0 Å². The highest BCUT2D eigenvalue weighted by Gasteiger charge is 2.53. The fourth-order valence-corrected chi connectivity index (χ4v) is 4.54. The third-order valence-corrected chi connectivity index (χ3v) is 6.28. The standard InChI is InChI=1S/C25H29NO9/c1-7-11-30-21-15-9-10-17(13(4)19(15)33-23(27)18(21)14(5)26-29-6)32-24-22-20(34-25(28)35-22)12(3)16(8-2)31-24/h7,9-10,12,16,20,22,24H,1,8,11H2,2-6H3/b26-14+/t12?,16-,20?,22?,24?/m0/s1. The summed E-state index contributed by atoms with van der Waals surface area (Å²) >= 11 is 0. The van der Waals surface area contributed by atoms with Gasteiger partial charge in [0.2, 0.25) is 12.4 Å². The topological polar surface area (TPSA) is 115 Å². The Morgan fingerprint density at radius 3 is 2.66 bits per heavy atom. The Hall–Kier alpha value is -3.53. The second-order valence-corrected chi connectivity index (χ2v) is 8.46. The van der Waals surface area contributed by atoms with Gasteiger partial charge >= 0.3 is 11.8 Å². The Morgan fingerprint density at radius 1 is 1.23 bits per heavy atom. The second-order valence-electron chi connectivity index (χ2n) is 8.46. The summed E-state index contributed by atoms with van der Waals surface area (Å²) < 4.78 is 34.5. The fraction of sp³-hybridized carbons (Fsp3) is 0.480. The summed E-state index contributed by atoms with van der Waals surface area (Å²) in [5.74, 6) is 0.657. The number of ether oxygens (including phenoxy) is 5. The maximum Gasteiger partial charge on any atom is 0.509 e. The lowest BCUT2D eigenvalue weighted by Gasteiger charge is -2.39. The van der Waals surface area contributed by atoms with Gasteiger partial charge in [0.25, 0.3) is 0 Å². The summed E-state index contributed by atoms with van der Waals surface area (Å²) in [6.45, 7) is 11.2. The van der Waals surface area contributed by atoms with Crippen LogP contribution in [0.2, 0.25) is 0 Å². The zero-order valence-corrected chi connectivity index (χ0v) is 20.4. The molecule has 5 atom stereocenters. The Balaban J connectivity index is 1.76. The minimum atomic E-state index is -0.887. The van der Waals surface area contributed by atoms with Crippen LogP contribution in [-0.2, 0) is 19.0 Å². The lowest BCUT2D eigenvalue weighted by molar-refractivity contribution is -0.226. The SMILES string of the molecule is C=CCOc1c(/C(C)=N/OC)c(=O)oc2c(C)c(OC3O[C@@H](CC)C(C)C4OC(=O)OC34)ccc12. The van der Waals surface area contributed by atoms with E-state index in [1.165, 1.54) is 7.11 Å². The summed E-state index contributed by atoms with van der Waals surface area (Å²) in [7, 11) is 1.39. The van der Waals surface area contributed by atoms with E-state index < -0.39 is 30.3 Å². The van der Waals surface area contributed by atoms with Crippen molar-refractivity contribution in [3.8, 4) is 11.5 Å². The van der Waals surface area contributed by atoms with Gasteiger partial charge in [-0.25, -0.2) is 9.59 Å². The Morgan fingerprint density at radius 2 is 1.97 bits per heavy atom. The predicted molar refractivity (Wildman–Crippen MR) is 126 cm³/mol. The highest BCUT2D eigenvalue weighted by molar-refractivity contribution is 6.05. The number of benzene rings is 1. The van der Waals surface area contributed by atoms with Gasteiger partial charge in [-0.3, -0.25) is 0 Å². The zero-order chi connectivity index (χ0) is 25.3. The highest BCUT2D eigenvalue weighted by atomic mass is 16.8. The van der Waals surface area contributed by atoms with E-state index in [-0.39, 0.29) is 29.8 Å². The number of aryl methyl sites for hydroxylation is 1. The summed E-state index contributed by atoms with van der Waals surface area (Å²) in [4.78, 5) is 29.6. The summed E-state index contributed by atoms with van der Waals surface area (Å²) in [6, 6.07) is 3.44. The molecule has 188 valence electrons. The first-order chi connectivity index (χ1) is 16.8. The lowest BCUT2D eigenvalue weighted by atomic mass is 9.89. The van der Waals surface area contributed by atoms with Crippen molar-refractivity contribution < 1.29 is 37.7 Å². The number of oxime groups is 1. The summed E-state index contributed by atoms with van der Waals surface area (Å²) in [5, 5.41) is 4.41. The number of rotatable bonds is 8. The van der Waals surface area contributed by atoms with E-state index in [9.17, 15) is 9.59 Å². The van der Waals surface area contributed by atoms with Crippen molar-refractivity contribution >= 4 is 22.8 Å². The molecule has 2 saturated heterocycles. The van der Waals surface area contributed by atoms with E-state index >= 15 is 0 Å². The van der Waals surface area contributed by atoms with E-state index in [4.69, 9.17) is 32.9 Å². The largest absolute Gasteiger partial charge is 0.509 e. The third-order valence-electron chi connectivity index (χ3n) is 6.28. The molecule has 3 heterocycles. The number of hydrogen-bond acceptors (Lipinski definition) is 10. The molecule has 0 spiro atoms. The molecule has 10 heteroatoms. The van der Waals surface area contributed by atoms with Gasteiger partial charge in [-0.15, -0.1) is 0 Å². The molecule has 0 aliphatic carbocycles. The van der Waals surface area contributed by atoms with Crippen LogP contribution in [0.25, 0.3) is 11.0 Å². The first-order valence-electron chi connectivity index (χ1n) is 11.4. The normalized spacial score (nSPS) is 26.0. The van der Waals surface area contributed by atoms with Crippen molar-refractivity contribution in [3.05, 3.63) is 46.3 Å². The number of carbonyl (C=O) groups excluding carboxylic acids is 1. The van der Waals surface area contributed by atoms with E-state index in [0.29, 0.717) is 34.6 Å². The molecule has 0 amide bonds. The smallest absolute Gasteiger partial charge is 0.488 e. The quantitative estimate of drug-likeness (QED) is 0.178. The molecule has 1 aromatic carbocycles. The van der Waals surface area contributed by atoms with Gasteiger partial charge in [0.15, 0.2) is 6.10 Å². The van der Waals surface area contributed by atoms with Gasteiger partial charge < -0.3 is 32.9 Å². The summed E-state index contributed by atoms with van der Waals surface area (Å²) in [6.07, 6.45) is -0.723. The second kappa shape index (κ2) is 9.99. The molecule has 10 nitrogen and oxygen atoms in total. The Kier molecular flexibility index (Phi) is 7.02. The van der Waals surface area contributed by atoms with Crippen LogP contribution in [0.4, 0.5) is 4.79 Å². The maximum atomic E-state index is 12.9. The van der Waals surface area contributed by atoms with Crippen molar-refractivity contribution in [2.75, 3.05) is 13.7 Å². The molecule has 0 bridgehead atoms. The molecule has 2 aliphatic rings. The molecule has 2 aliphatic heterocycles. The Labute approximate surface area is 202 Å². The number of nitrogens with zero attached hydrogens (tertiary/aromatic N) is 1. The highest BCUT2D eigenvalue weighted by Crippen LogP contribution is 2.39. The zero-order valence-electron chi connectivity index (χ0n) is 20.4. The van der Waals surface area contributed by atoms with Crippen LogP contribution in [0.1, 0.15) is 38.3 Å². The van der Waals surface area contributed by atoms with Crippen LogP contribution in [0.3, 0.4) is 0 Å². The monoisotopic (exact) mass is 487 g/mol. The minimum absolute atomic E-state index is 0.0491. The van der Waals surface area contributed by atoms with Crippen LogP contribution in [0, 0.1) is 12.8 Å². The molecule has 0 N–H and O–H groups in total. The van der Waals surface area contributed by atoms with E-state index in [1.54, 1.807) is 32.1 Å². The molecule has 1 aromatic heterocycles. The molecule has 35 heavy (non-hydrogen) atoms. The molecule has 0 radical (unpaired) electrons.